The Bertz CT molecular complexity index is 2830. The number of halogens is 3. The molecule has 0 saturated carbocycles. The molecule has 0 bridgehead atoms. The summed E-state index contributed by atoms with van der Waals surface area (Å²) in [7, 11) is 1.71. The quantitative estimate of drug-likeness (QED) is 0.133. The van der Waals surface area contributed by atoms with Gasteiger partial charge in [0.25, 0.3) is 17.4 Å². The molecule has 3 aliphatic rings. The zero-order valence-electron chi connectivity index (χ0n) is 34.1. The Morgan fingerprint density at radius 1 is 1.02 bits per heavy atom. The van der Waals surface area contributed by atoms with Crippen LogP contribution in [0.15, 0.2) is 65.6 Å². The third-order valence-electron chi connectivity index (χ3n) is 12.0. The van der Waals surface area contributed by atoms with E-state index in [0.717, 1.165) is 22.2 Å². The van der Waals surface area contributed by atoms with Crippen LogP contribution in [-0.2, 0) is 42.2 Å². The second-order valence-corrected chi connectivity index (χ2v) is 16.2. The number of hydrogen-bond donors (Lipinski definition) is 2. The number of hydrogen-bond acceptors (Lipinski definition) is 7. The summed E-state index contributed by atoms with van der Waals surface area (Å²) in [4.78, 5) is 70.7. The van der Waals surface area contributed by atoms with E-state index in [2.05, 4.69) is 22.1 Å². The van der Waals surface area contributed by atoms with E-state index in [1.165, 1.54) is 23.2 Å². The minimum atomic E-state index is -4.76. The lowest BCUT2D eigenvalue weighted by Gasteiger charge is -2.34. The molecule has 61 heavy (non-hydrogen) atoms. The molecule has 14 heteroatoms. The molecule has 0 aliphatic carbocycles. The van der Waals surface area contributed by atoms with Gasteiger partial charge in [0, 0.05) is 72.5 Å². The number of amides is 4. The highest BCUT2D eigenvalue weighted by molar-refractivity contribution is 6.05. The van der Waals surface area contributed by atoms with Crippen LogP contribution in [0.5, 0.6) is 0 Å². The van der Waals surface area contributed by atoms with Crippen LogP contribution >= 0.6 is 0 Å². The molecule has 1 fully saturated rings. The molecule has 312 valence electrons. The fraction of sp³-hybridized carbons (Fsp3) is 0.319. The molecule has 3 aromatic carbocycles. The first-order chi connectivity index (χ1) is 29.0. The van der Waals surface area contributed by atoms with Crippen LogP contribution in [0.4, 0.5) is 24.5 Å². The van der Waals surface area contributed by atoms with Gasteiger partial charge in [-0.05, 0) is 115 Å². The van der Waals surface area contributed by atoms with E-state index in [-0.39, 0.29) is 72.3 Å². The van der Waals surface area contributed by atoms with Crippen molar-refractivity contribution in [1.29, 1.82) is 0 Å². The first-order valence-electron chi connectivity index (χ1n) is 20.2. The molecule has 1 atom stereocenters. The Balaban J connectivity index is 1.12. The van der Waals surface area contributed by atoms with Gasteiger partial charge in [-0.15, -0.1) is 0 Å². The molecule has 1 saturated heterocycles. The lowest BCUT2D eigenvalue weighted by atomic mass is 9.90. The first-order valence-corrected chi connectivity index (χ1v) is 20.2. The first kappa shape index (κ1) is 41.0. The summed E-state index contributed by atoms with van der Waals surface area (Å²) < 4.78 is 47.1. The summed E-state index contributed by atoms with van der Waals surface area (Å²) in [5.74, 6) is 4.20. The van der Waals surface area contributed by atoms with Gasteiger partial charge in [0.05, 0.1) is 16.8 Å². The number of aromatic nitrogens is 2. The van der Waals surface area contributed by atoms with Gasteiger partial charge in [-0.2, -0.15) is 13.2 Å². The fourth-order valence-corrected chi connectivity index (χ4v) is 8.76. The van der Waals surface area contributed by atoms with E-state index in [9.17, 15) is 24.0 Å². The number of rotatable bonds is 7. The van der Waals surface area contributed by atoms with Crippen molar-refractivity contribution < 1.29 is 32.3 Å². The van der Waals surface area contributed by atoms with Crippen LogP contribution in [-0.4, -0.2) is 50.7 Å². The van der Waals surface area contributed by atoms with E-state index in [1.54, 1.807) is 42.8 Å². The van der Waals surface area contributed by atoms with Crippen molar-refractivity contribution in [3.8, 4) is 23.0 Å². The molecular weight excluding hydrogens is 786 g/mol. The number of imide groups is 1. The number of nitrogens with zero attached hydrogens (tertiary/aromatic N) is 4. The Kier molecular flexibility index (Phi) is 10.5. The molecule has 5 aromatic rings. The maximum absolute atomic E-state index is 15.2. The summed E-state index contributed by atoms with van der Waals surface area (Å²) in [5.41, 5.74) is 10.8. The third kappa shape index (κ3) is 7.53. The van der Waals surface area contributed by atoms with Crippen LogP contribution in [0.25, 0.3) is 22.0 Å². The second-order valence-electron chi connectivity index (χ2n) is 16.2. The van der Waals surface area contributed by atoms with Crippen molar-refractivity contribution in [3.05, 3.63) is 121 Å². The predicted octanol–water partition coefficient (Wildman–Crippen LogP) is 6.98. The van der Waals surface area contributed by atoms with Crippen LogP contribution in [0.2, 0.25) is 0 Å². The number of alkyl halides is 3. The van der Waals surface area contributed by atoms with Crippen LogP contribution < -0.4 is 21.5 Å². The minimum Gasteiger partial charge on any atom is -0.364 e. The van der Waals surface area contributed by atoms with E-state index in [1.807, 2.05) is 36.9 Å². The topological polar surface area (TPSA) is 148 Å². The van der Waals surface area contributed by atoms with Crippen molar-refractivity contribution in [3.63, 3.8) is 0 Å². The zero-order chi connectivity index (χ0) is 43.5. The number of nitrogens with one attached hydrogen (secondary N) is 1. The van der Waals surface area contributed by atoms with E-state index < -0.39 is 29.6 Å². The molecule has 3 aliphatic heterocycles. The van der Waals surface area contributed by atoms with Crippen LogP contribution in [0.3, 0.4) is 0 Å². The molecule has 5 heterocycles. The van der Waals surface area contributed by atoms with Gasteiger partial charge in [0.1, 0.15) is 11.7 Å². The average Bonchev–Trinajstić information content (AvgIpc) is 3.56. The third-order valence-corrected chi connectivity index (χ3v) is 12.0. The number of nitrogens with two attached hydrogens (primary N) is 1. The highest BCUT2D eigenvalue weighted by atomic mass is 19.4. The maximum atomic E-state index is 15.2. The lowest BCUT2D eigenvalue weighted by Crippen LogP contribution is -2.52. The predicted molar refractivity (Wildman–Crippen MR) is 224 cm³/mol. The number of carbonyl (C=O) groups excluding carboxylic acids is 4. The van der Waals surface area contributed by atoms with Crippen LogP contribution in [0.1, 0.15) is 105 Å². The Labute approximate surface area is 349 Å². The highest BCUT2D eigenvalue weighted by Crippen LogP contribution is 2.46. The Morgan fingerprint density at radius 3 is 2.52 bits per heavy atom. The SMILES string of the molecule is Cc1cc2c(N3CCCc4cc(-c5cnc(C(N)=O)c(CCC#Cc6cccc7c6CN(C6CCC(=O)NC6=O)C7=O)c5)c(C(F)(F)F)cc43)cc(C(C)C)cc2n(C)c1=O. The lowest BCUT2D eigenvalue weighted by molar-refractivity contribution is -0.138. The number of anilines is 2. The average molecular weight is 829 g/mol. The van der Waals surface area contributed by atoms with Gasteiger partial charge < -0.3 is 20.1 Å². The van der Waals surface area contributed by atoms with E-state index >= 15 is 13.2 Å². The minimum absolute atomic E-state index is 0.0732. The maximum Gasteiger partial charge on any atom is 0.417 e. The van der Waals surface area contributed by atoms with Crippen molar-refractivity contribution >= 4 is 45.9 Å². The molecule has 1 unspecified atom stereocenters. The fourth-order valence-electron chi connectivity index (χ4n) is 8.76. The number of piperidine rings is 1. The summed E-state index contributed by atoms with van der Waals surface area (Å²) in [6.07, 6.45) is -1.63. The molecule has 2 aromatic heterocycles. The molecule has 3 N–H and O–H groups in total. The molecule has 4 amide bonds. The van der Waals surface area contributed by atoms with Crippen LogP contribution in [0, 0.1) is 18.8 Å². The number of fused-ring (bicyclic) bond motifs is 3. The standard InChI is InChI=1S/C47H43F3N6O5/c1-25(2)30-20-39-34(17-26(3)45(60)54(39)4)40(21-30)55-16-8-12-28-19-33(36(22-38(28)55)47(48,49)50)31-18-29(42(43(51)58)52-23-31)10-6-5-9-27-11-7-13-32-35(27)24-56(46(32)61)37-14-15-41(57)53-44(37)59/h7,11,13,17-23,25,37H,6,8,10,12,14-16,24H2,1-4H3,(H2,51,58)(H,53,57,59). The summed E-state index contributed by atoms with van der Waals surface area (Å²) >= 11 is 0. The van der Waals surface area contributed by atoms with Crippen molar-refractivity contribution in [1.82, 2.24) is 19.8 Å². The van der Waals surface area contributed by atoms with E-state index in [0.29, 0.717) is 58.4 Å². The molecule has 8 rings (SSSR count). The van der Waals surface area contributed by atoms with Crippen molar-refractivity contribution in [2.45, 2.75) is 84.0 Å². The van der Waals surface area contributed by atoms with Gasteiger partial charge >= 0.3 is 6.18 Å². The van der Waals surface area contributed by atoms with Crippen molar-refractivity contribution in [2.75, 3.05) is 11.4 Å². The van der Waals surface area contributed by atoms with Gasteiger partial charge in [-0.3, -0.25) is 34.3 Å². The van der Waals surface area contributed by atoms with Crippen molar-refractivity contribution in [2.24, 2.45) is 12.8 Å². The highest BCUT2D eigenvalue weighted by Gasteiger charge is 2.40. The van der Waals surface area contributed by atoms with Gasteiger partial charge in [0.2, 0.25) is 11.8 Å². The Hall–Kier alpha value is -6.75. The smallest absolute Gasteiger partial charge is 0.364 e. The summed E-state index contributed by atoms with van der Waals surface area (Å²) in [6, 6.07) is 14.4. The zero-order valence-corrected chi connectivity index (χ0v) is 34.1. The summed E-state index contributed by atoms with van der Waals surface area (Å²) in [6.45, 7) is 6.42. The monoisotopic (exact) mass is 828 g/mol. The second kappa shape index (κ2) is 15.7. The summed E-state index contributed by atoms with van der Waals surface area (Å²) in [5, 5.41) is 3.07. The molecule has 11 nitrogen and oxygen atoms in total. The van der Waals surface area contributed by atoms with E-state index in [4.69, 9.17) is 5.73 Å². The normalized spacial score (nSPS) is 16.4. The number of pyridine rings is 2. The number of carbonyl (C=O) groups is 4. The number of aryl methyl sites for hydroxylation is 4. The Morgan fingerprint density at radius 2 is 1.80 bits per heavy atom. The van der Waals surface area contributed by atoms with Gasteiger partial charge in [-0.25, -0.2) is 0 Å². The molecular formula is C47H43F3N6O5. The van der Waals surface area contributed by atoms with Gasteiger partial charge in [-0.1, -0.05) is 31.8 Å². The largest absolute Gasteiger partial charge is 0.417 e. The van der Waals surface area contributed by atoms with Gasteiger partial charge in [0.15, 0.2) is 0 Å². The molecule has 0 radical (unpaired) electrons. The number of benzene rings is 3. The number of primary amides is 1. The molecule has 0 spiro atoms.